The van der Waals surface area contributed by atoms with Crippen LogP contribution in [0.25, 0.3) is 22.2 Å². The number of nitrogens with zero attached hydrogens (tertiary/aromatic N) is 5. The highest BCUT2D eigenvalue weighted by Crippen LogP contribution is 2.36. The quantitative estimate of drug-likeness (QED) is 0.606. The number of methoxy groups -OCH3 is 1. The van der Waals surface area contributed by atoms with Crippen LogP contribution in [0.5, 0.6) is 0 Å². The number of piperidine rings is 1. The number of aromatic amines is 1. The van der Waals surface area contributed by atoms with Crippen LogP contribution in [0.3, 0.4) is 0 Å². The summed E-state index contributed by atoms with van der Waals surface area (Å²) in [4.78, 5) is 33.3. The summed E-state index contributed by atoms with van der Waals surface area (Å²) in [5.41, 5.74) is 3.30. The van der Waals surface area contributed by atoms with E-state index in [2.05, 4.69) is 24.8 Å². The first-order valence-corrected chi connectivity index (χ1v) is 11.3. The van der Waals surface area contributed by atoms with Gasteiger partial charge in [-0.05, 0) is 39.7 Å². The first-order chi connectivity index (χ1) is 15.9. The van der Waals surface area contributed by atoms with Gasteiger partial charge < -0.3 is 24.3 Å². The summed E-state index contributed by atoms with van der Waals surface area (Å²) in [5.74, 6) is 0. The van der Waals surface area contributed by atoms with Gasteiger partial charge in [-0.3, -0.25) is 0 Å². The Morgan fingerprint density at radius 1 is 1.30 bits per heavy atom. The standard InChI is InChI=1S/C24H32N6O3/c1-24(2,3)33-23(31)30(10-11-32-4)18-6-5-9-29(15-18)20-7-8-27-22-21(20)19(14-28-22)17-12-25-16-26-13-17/h7-8,12-14,16,18H,5-6,9-11,15H2,1-4H3,(H,27,28)/t18-/m0/s1. The molecule has 3 aromatic heterocycles. The Bertz CT molecular complexity index is 1080. The molecule has 4 rings (SSSR count). The lowest BCUT2D eigenvalue weighted by Gasteiger charge is -2.40. The molecule has 176 valence electrons. The number of pyridine rings is 1. The van der Waals surface area contributed by atoms with E-state index in [0.717, 1.165) is 47.2 Å². The summed E-state index contributed by atoms with van der Waals surface area (Å²) in [5, 5.41) is 1.04. The SMILES string of the molecule is COCCN(C(=O)OC(C)(C)C)[C@H]1CCCN(c2ccnc3[nH]cc(-c4cncnc4)c23)C1. The molecule has 4 heterocycles. The van der Waals surface area contributed by atoms with Crippen molar-refractivity contribution >= 4 is 22.8 Å². The number of carbonyl (C=O) groups is 1. The van der Waals surface area contributed by atoms with Crippen LogP contribution >= 0.6 is 0 Å². The molecule has 0 unspecified atom stereocenters. The molecular formula is C24H32N6O3. The van der Waals surface area contributed by atoms with E-state index in [1.54, 1.807) is 19.5 Å². The van der Waals surface area contributed by atoms with Crippen LogP contribution < -0.4 is 4.90 Å². The zero-order chi connectivity index (χ0) is 23.4. The molecule has 0 radical (unpaired) electrons. The third-order valence-electron chi connectivity index (χ3n) is 5.77. The van der Waals surface area contributed by atoms with Gasteiger partial charge in [-0.1, -0.05) is 0 Å². The molecule has 1 atom stereocenters. The fourth-order valence-electron chi connectivity index (χ4n) is 4.33. The normalized spacial score (nSPS) is 16.7. The monoisotopic (exact) mass is 452 g/mol. The summed E-state index contributed by atoms with van der Waals surface area (Å²) in [7, 11) is 1.65. The third kappa shape index (κ3) is 5.24. The Morgan fingerprint density at radius 3 is 2.82 bits per heavy atom. The molecule has 0 saturated carbocycles. The number of anilines is 1. The van der Waals surface area contributed by atoms with Crippen LogP contribution in [0.1, 0.15) is 33.6 Å². The molecular weight excluding hydrogens is 420 g/mol. The van der Waals surface area contributed by atoms with Crippen molar-refractivity contribution in [1.29, 1.82) is 0 Å². The van der Waals surface area contributed by atoms with E-state index in [1.807, 2.05) is 44.1 Å². The number of hydrogen-bond donors (Lipinski definition) is 1. The van der Waals surface area contributed by atoms with Crippen LogP contribution in [0.15, 0.2) is 37.2 Å². The highest BCUT2D eigenvalue weighted by atomic mass is 16.6. The molecule has 0 bridgehead atoms. The van der Waals surface area contributed by atoms with Crippen molar-refractivity contribution in [3.8, 4) is 11.1 Å². The molecule has 9 nitrogen and oxygen atoms in total. The number of rotatable bonds is 6. The molecule has 0 spiro atoms. The summed E-state index contributed by atoms with van der Waals surface area (Å²) < 4.78 is 11.0. The maximum absolute atomic E-state index is 13.0. The Morgan fingerprint density at radius 2 is 2.09 bits per heavy atom. The molecule has 1 saturated heterocycles. The Kier molecular flexibility index (Phi) is 6.78. The van der Waals surface area contributed by atoms with E-state index >= 15 is 0 Å². The number of amides is 1. The second-order valence-electron chi connectivity index (χ2n) is 9.29. The summed E-state index contributed by atoms with van der Waals surface area (Å²) in [6, 6.07) is 2.06. The van der Waals surface area contributed by atoms with Gasteiger partial charge in [0.2, 0.25) is 0 Å². The smallest absolute Gasteiger partial charge is 0.410 e. The van der Waals surface area contributed by atoms with E-state index in [1.165, 1.54) is 6.33 Å². The van der Waals surface area contributed by atoms with Gasteiger partial charge >= 0.3 is 6.09 Å². The fourth-order valence-corrected chi connectivity index (χ4v) is 4.33. The van der Waals surface area contributed by atoms with E-state index in [-0.39, 0.29) is 12.1 Å². The van der Waals surface area contributed by atoms with Crippen molar-refractivity contribution < 1.29 is 14.3 Å². The third-order valence-corrected chi connectivity index (χ3v) is 5.77. The van der Waals surface area contributed by atoms with Crippen molar-refractivity contribution in [2.24, 2.45) is 0 Å². The number of carbonyl (C=O) groups excluding carboxylic acids is 1. The summed E-state index contributed by atoms with van der Waals surface area (Å²) in [6.45, 7) is 8.23. The lowest BCUT2D eigenvalue weighted by Crippen LogP contribution is -2.52. The molecule has 3 aromatic rings. The molecule has 0 aliphatic carbocycles. The van der Waals surface area contributed by atoms with Crippen LogP contribution in [0.4, 0.5) is 10.5 Å². The average molecular weight is 453 g/mol. The highest BCUT2D eigenvalue weighted by Gasteiger charge is 2.32. The van der Waals surface area contributed by atoms with Gasteiger partial charge in [0.15, 0.2) is 0 Å². The topological polar surface area (TPSA) is 96.5 Å². The van der Waals surface area contributed by atoms with Gasteiger partial charge in [-0.25, -0.2) is 19.7 Å². The Balaban J connectivity index is 1.64. The van der Waals surface area contributed by atoms with Gasteiger partial charge in [-0.2, -0.15) is 0 Å². The fraction of sp³-hybridized carbons (Fsp3) is 0.500. The number of aromatic nitrogens is 4. The zero-order valence-electron chi connectivity index (χ0n) is 19.7. The van der Waals surface area contributed by atoms with Crippen LogP contribution in [-0.2, 0) is 9.47 Å². The van der Waals surface area contributed by atoms with Crippen LogP contribution in [0.2, 0.25) is 0 Å². The summed E-state index contributed by atoms with van der Waals surface area (Å²) >= 11 is 0. The van der Waals surface area contributed by atoms with Crippen molar-refractivity contribution in [2.45, 2.75) is 45.3 Å². The average Bonchev–Trinajstić information content (AvgIpc) is 3.23. The van der Waals surface area contributed by atoms with Gasteiger partial charge in [0, 0.05) is 68.3 Å². The maximum Gasteiger partial charge on any atom is 0.410 e. The molecule has 1 N–H and O–H groups in total. The van der Waals surface area contributed by atoms with Gasteiger partial charge in [-0.15, -0.1) is 0 Å². The largest absolute Gasteiger partial charge is 0.444 e. The maximum atomic E-state index is 13.0. The Hall–Kier alpha value is -3.20. The predicted molar refractivity (Wildman–Crippen MR) is 127 cm³/mol. The number of ether oxygens (including phenoxy) is 2. The minimum absolute atomic E-state index is 0.0226. The predicted octanol–water partition coefficient (Wildman–Crippen LogP) is 3.87. The molecule has 1 aliphatic rings. The van der Waals surface area contributed by atoms with E-state index in [9.17, 15) is 4.79 Å². The van der Waals surface area contributed by atoms with Crippen LogP contribution in [0, 0.1) is 0 Å². The molecule has 33 heavy (non-hydrogen) atoms. The molecule has 9 heteroatoms. The minimum Gasteiger partial charge on any atom is -0.444 e. The lowest BCUT2D eigenvalue weighted by atomic mass is 10.0. The van der Waals surface area contributed by atoms with E-state index in [4.69, 9.17) is 9.47 Å². The molecule has 1 amide bonds. The number of hydrogen-bond acceptors (Lipinski definition) is 7. The lowest BCUT2D eigenvalue weighted by molar-refractivity contribution is 0.00883. The second-order valence-corrected chi connectivity index (χ2v) is 9.29. The molecule has 0 aromatic carbocycles. The van der Waals surface area contributed by atoms with Gasteiger partial charge in [0.05, 0.1) is 18.0 Å². The number of fused-ring (bicyclic) bond motifs is 1. The number of H-pyrrole nitrogens is 1. The zero-order valence-corrected chi connectivity index (χ0v) is 19.7. The van der Waals surface area contributed by atoms with Crippen molar-refractivity contribution in [3.63, 3.8) is 0 Å². The first kappa shape index (κ1) is 23.0. The minimum atomic E-state index is -0.550. The van der Waals surface area contributed by atoms with Crippen LogP contribution in [-0.4, -0.2) is 75.9 Å². The highest BCUT2D eigenvalue weighted by molar-refractivity contribution is 6.02. The van der Waals surface area contributed by atoms with E-state index in [0.29, 0.717) is 19.7 Å². The second kappa shape index (κ2) is 9.74. The van der Waals surface area contributed by atoms with Gasteiger partial charge in [0.1, 0.15) is 17.6 Å². The number of nitrogens with one attached hydrogen (secondary N) is 1. The van der Waals surface area contributed by atoms with Crippen molar-refractivity contribution in [1.82, 2.24) is 24.8 Å². The summed E-state index contributed by atoms with van der Waals surface area (Å²) in [6.07, 6.45) is 10.5. The first-order valence-electron chi connectivity index (χ1n) is 11.3. The van der Waals surface area contributed by atoms with Gasteiger partial charge in [0.25, 0.3) is 0 Å². The van der Waals surface area contributed by atoms with E-state index < -0.39 is 5.60 Å². The van der Waals surface area contributed by atoms with Crippen molar-refractivity contribution in [2.75, 3.05) is 38.3 Å². The molecule has 1 fully saturated rings. The van der Waals surface area contributed by atoms with Crippen molar-refractivity contribution in [3.05, 3.63) is 37.2 Å². The Labute approximate surface area is 194 Å². The molecule has 1 aliphatic heterocycles.